The normalized spacial score (nSPS) is 26.0. The van der Waals surface area contributed by atoms with E-state index in [1.54, 1.807) is 12.0 Å². The minimum Gasteiger partial charge on any atom is -0.434 e. The number of nitrogens with zero attached hydrogens (tertiary/aromatic N) is 6. The van der Waals surface area contributed by atoms with Gasteiger partial charge in [0, 0.05) is 50.3 Å². The lowest BCUT2D eigenvalue weighted by Crippen LogP contribution is -2.61. The first kappa shape index (κ1) is 32.6. The van der Waals surface area contributed by atoms with Crippen molar-refractivity contribution in [2.45, 2.75) is 77.3 Å². The number of likely N-dealkylation sites (tertiary alicyclic amines) is 1. The predicted molar refractivity (Wildman–Crippen MR) is 171 cm³/mol. The minimum atomic E-state index is -0.505. The third kappa shape index (κ3) is 6.69. The Morgan fingerprint density at radius 1 is 1.17 bits per heavy atom. The highest BCUT2D eigenvalue weighted by Gasteiger charge is 2.48. The van der Waals surface area contributed by atoms with Gasteiger partial charge in [0.25, 0.3) is 11.8 Å². The summed E-state index contributed by atoms with van der Waals surface area (Å²) in [7, 11) is 1.67. The summed E-state index contributed by atoms with van der Waals surface area (Å²) in [5.74, 6) is 1.06. The van der Waals surface area contributed by atoms with Crippen LogP contribution in [0.5, 0.6) is 11.6 Å². The van der Waals surface area contributed by atoms with Crippen LogP contribution >= 0.6 is 0 Å². The predicted octanol–water partition coefficient (Wildman–Crippen LogP) is 4.29. The molecule has 1 aromatic carbocycles. The highest BCUT2D eigenvalue weighted by Crippen LogP contribution is 2.45. The molecule has 2 spiro atoms. The first-order valence-corrected chi connectivity index (χ1v) is 16.9. The van der Waals surface area contributed by atoms with Gasteiger partial charge in [-0.05, 0) is 103 Å². The Balaban J connectivity index is 1.02. The average molecular weight is 638 g/mol. The van der Waals surface area contributed by atoms with Gasteiger partial charge in [0.1, 0.15) is 17.9 Å². The summed E-state index contributed by atoms with van der Waals surface area (Å²) in [6.45, 7) is 11.8. The van der Waals surface area contributed by atoms with Crippen molar-refractivity contribution in [1.82, 2.24) is 30.3 Å². The summed E-state index contributed by atoms with van der Waals surface area (Å²) in [5, 5.41) is 11.5. The van der Waals surface area contributed by atoms with Gasteiger partial charge >= 0.3 is 0 Å². The third-order valence-corrected chi connectivity index (χ3v) is 10.8. The van der Waals surface area contributed by atoms with Crippen molar-refractivity contribution in [3.05, 3.63) is 35.9 Å². The zero-order valence-electron chi connectivity index (χ0n) is 27.6. The van der Waals surface area contributed by atoms with Crippen LogP contribution in [0.15, 0.2) is 24.5 Å². The molecule has 1 saturated carbocycles. The summed E-state index contributed by atoms with van der Waals surface area (Å²) in [6, 6.07) is 3.92. The van der Waals surface area contributed by atoms with Gasteiger partial charge < -0.3 is 29.5 Å². The summed E-state index contributed by atoms with van der Waals surface area (Å²) < 4.78 is 25.7. The number of hydrogen-bond donors (Lipinski definition) is 1. The Hall–Kier alpha value is -3.38. The fourth-order valence-electron chi connectivity index (χ4n) is 8.16. The van der Waals surface area contributed by atoms with Gasteiger partial charge in [-0.15, -0.1) is 10.2 Å². The second-order valence-corrected chi connectivity index (χ2v) is 14.2. The molecule has 6 rings (SSSR count). The number of ether oxygens (including phenoxy) is 2. The van der Waals surface area contributed by atoms with Crippen molar-refractivity contribution in [3.8, 4) is 11.6 Å². The standard InChI is InChI=1S/C34H48FN7O4/c1-5-42(23(2)3)32(44)27-16-26(35)6-7-28(27)46-31-29(36-22-37-39-31)41-20-33(21-41)12-14-40(15-13-33)18-24-8-10-34(11-9-24)17-25(19-45-4)30(43)38-34/h6-7,16,22-25H,5,8-15,17-21H2,1-4H3,(H,38,43)/t24-,25-,34-/m0/s1. The fourth-order valence-corrected chi connectivity index (χ4v) is 8.16. The number of rotatable bonds is 10. The van der Waals surface area contributed by atoms with E-state index in [1.807, 2.05) is 20.8 Å². The number of anilines is 1. The van der Waals surface area contributed by atoms with Gasteiger partial charge in [-0.2, -0.15) is 0 Å². The maximum atomic E-state index is 14.3. The Morgan fingerprint density at radius 2 is 1.91 bits per heavy atom. The highest BCUT2D eigenvalue weighted by atomic mass is 19.1. The van der Waals surface area contributed by atoms with Crippen molar-refractivity contribution in [2.75, 3.05) is 57.9 Å². The number of methoxy groups -OCH3 is 1. The monoisotopic (exact) mass is 637 g/mol. The van der Waals surface area contributed by atoms with E-state index >= 15 is 0 Å². The van der Waals surface area contributed by atoms with Crippen molar-refractivity contribution >= 4 is 17.6 Å². The second-order valence-electron chi connectivity index (χ2n) is 14.2. The highest BCUT2D eigenvalue weighted by molar-refractivity contribution is 5.97. The van der Waals surface area contributed by atoms with Crippen LogP contribution < -0.4 is 15.0 Å². The van der Waals surface area contributed by atoms with Gasteiger partial charge in [-0.1, -0.05) is 0 Å². The second kappa shape index (κ2) is 13.4. The molecule has 0 radical (unpaired) electrons. The molecule has 3 saturated heterocycles. The molecule has 0 unspecified atom stereocenters. The number of piperidine rings is 1. The van der Waals surface area contributed by atoms with Crippen molar-refractivity contribution in [3.63, 3.8) is 0 Å². The van der Waals surface area contributed by atoms with Gasteiger partial charge in [-0.3, -0.25) is 9.59 Å². The third-order valence-electron chi connectivity index (χ3n) is 10.8. The SMILES string of the molecule is CCN(C(=O)c1cc(F)ccc1Oc1nncnc1N1CC2(CCN(C[C@H]3CC[C@]4(CC3)C[C@@H](COC)C(=O)N4)CC2)C1)C(C)C. The van der Waals surface area contributed by atoms with Crippen LogP contribution in [0.1, 0.15) is 76.1 Å². The minimum absolute atomic E-state index is 0.00583. The number of hydrogen-bond acceptors (Lipinski definition) is 9. The van der Waals surface area contributed by atoms with E-state index in [2.05, 4.69) is 30.3 Å². The van der Waals surface area contributed by atoms with Crippen LogP contribution in [0.2, 0.25) is 0 Å². The first-order chi connectivity index (χ1) is 22.1. The lowest BCUT2D eigenvalue weighted by molar-refractivity contribution is -0.124. The van der Waals surface area contributed by atoms with E-state index in [4.69, 9.17) is 9.47 Å². The number of amides is 2. The summed E-state index contributed by atoms with van der Waals surface area (Å²) in [4.78, 5) is 36.7. The molecule has 4 aliphatic rings. The molecule has 4 fully saturated rings. The summed E-state index contributed by atoms with van der Waals surface area (Å²) in [5.41, 5.74) is 0.361. The Bertz CT molecular complexity index is 1400. The number of carbonyl (C=O) groups excluding carboxylic acids is 2. The van der Waals surface area contributed by atoms with Gasteiger partial charge in [-0.25, -0.2) is 9.37 Å². The lowest BCUT2D eigenvalue weighted by atomic mass is 9.71. The van der Waals surface area contributed by atoms with Crippen LogP contribution in [0.4, 0.5) is 10.2 Å². The zero-order chi connectivity index (χ0) is 32.5. The van der Waals surface area contributed by atoms with Crippen LogP contribution in [0.3, 0.4) is 0 Å². The van der Waals surface area contributed by atoms with E-state index < -0.39 is 5.82 Å². The van der Waals surface area contributed by atoms with Crippen LogP contribution in [-0.4, -0.2) is 101 Å². The molecule has 1 aliphatic carbocycles. The van der Waals surface area contributed by atoms with Gasteiger partial charge in [0.2, 0.25) is 5.91 Å². The van der Waals surface area contributed by atoms with Crippen LogP contribution in [0, 0.1) is 23.1 Å². The Kier molecular flexibility index (Phi) is 9.48. The van der Waals surface area contributed by atoms with E-state index in [1.165, 1.54) is 24.5 Å². The molecule has 46 heavy (non-hydrogen) atoms. The van der Waals surface area contributed by atoms with E-state index in [0.29, 0.717) is 24.9 Å². The number of benzene rings is 1. The molecule has 250 valence electrons. The number of aromatic nitrogens is 3. The Morgan fingerprint density at radius 3 is 2.59 bits per heavy atom. The average Bonchev–Trinajstić information content (AvgIpc) is 3.33. The van der Waals surface area contributed by atoms with Crippen molar-refractivity contribution < 1.29 is 23.5 Å². The molecule has 2 amide bonds. The maximum absolute atomic E-state index is 14.3. The summed E-state index contributed by atoms with van der Waals surface area (Å²) in [6.07, 6.45) is 9.02. The molecule has 1 N–H and O–H groups in total. The molecule has 2 aromatic rings. The van der Waals surface area contributed by atoms with Crippen LogP contribution in [-0.2, 0) is 9.53 Å². The van der Waals surface area contributed by atoms with E-state index in [9.17, 15) is 14.0 Å². The van der Waals surface area contributed by atoms with Gasteiger partial charge in [0.15, 0.2) is 5.82 Å². The van der Waals surface area contributed by atoms with Crippen LogP contribution in [0.25, 0.3) is 0 Å². The molecule has 1 atom stereocenters. The maximum Gasteiger partial charge on any atom is 0.282 e. The van der Waals surface area contributed by atoms with E-state index in [-0.39, 0.29) is 51.9 Å². The Labute approximate surface area is 271 Å². The first-order valence-electron chi connectivity index (χ1n) is 16.9. The molecule has 1 aromatic heterocycles. The molecular weight excluding hydrogens is 589 g/mol. The molecule has 12 heteroatoms. The number of halogens is 1. The van der Waals surface area contributed by atoms with E-state index in [0.717, 1.165) is 77.7 Å². The zero-order valence-corrected chi connectivity index (χ0v) is 27.6. The smallest absolute Gasteiger partial charge is 0.282 e. The largest absolute Gasteiger partial charge is 0.434 e. The molecule has 11 nitrogen and oxygen atoms in total. The molecular formula is C34H48FN7O4. The number of nitrogens with one attached hydrogen (secondary N) is 1. The van der Waals surface area contributed by atoms with Crippen molar-refractivity contribution in [1.29, 1.82) is 0 Å². The number of carbonyl (C=O) groups is 2. The van der Waals surface area contributed by atoms with Crippen molar-refractivity contribution in [2.24, 2.45) is 17.3 Å². The molecule has 4 heterocycles. The van der Waals surface area contributed by atoms with Gasteiger partial charge in [0.05, 0.1) is 18.1 Å². The molecule has 3 aliphatic heterocycles. The molecule has 0 bridgehead atoms. The quantitative estimate of drug-likeness (QED) is 0.408. The fraction of sp³-hybridized carbons (Fsp3) is 0.676. The summed E-state index contributed by atoms with van der Waals surface area (Å²) >= 11 is 0. The lowest BCUT2D eigenvalue weighted by Gasteiger charge is -2.54. The topological polar surface area (TPSA) is 113 Å².